The molecule has 0 saturated carbocycles. The van der Waals surface area contributed by atoms with Crippen molar-refractivity contribution in [2.45, 2.75) is 32.7 Å². The Labute approximate surface area is 113 Å². The maximum absolute atomic E-state index is 11.4. The topological polar surface area (TPSA) is 71.7 Å². The van der Waals surface area contributed by atoms with Crippen molar-refractivity contribution in [1.29, 1.82) is 0 Å². The molecule has 1 unspecified atom stereocenters. The fraction of sp³-hybridized carbons (Fsp3) is 0.643. The lowest BCUT2D eigenvalue weighted by Gasteiger charge is -2.15. The molecule has 5 nitrogen and oxygen atoms in total. The Hall–Kier alpha value is -1.33. The van der Waals surface area contributed by atoms with Gasteiger partial charge in [-0.15, -0.1) is 0 Å². The molecule has 0 amide bonds. The van der Waals surface area contributed by atoms with Gasteiger partial charge in [0.05, 0.1) is 13.4 Å². The lowest BCUT2D eigenvalue weighted by atomic mass is 10.0. The summed E-state index contributed by atoms with van der Waals surface area (Å²) in [6.45, 7) is 3.73. The molecule has 1 rings (SSSR count). The molecule has 1 aromatic rings. The van der Waals surface area contributed by atoms with Crippen molar-refractivity contribution < 1.29 is 19.1 Å². The molecule has 0 aliphatic carbocycles. The average Bonchev–Trinajstić information content (AvgIpc) is 2.87. The van der Waals surface area contributed by atoms with E-state index in [4.69, 9.17) is 9.52 Å². The molecule has 0 fully saturated rings. The largest absolute Gasteiger partial charge is 0.463 e. The van der Waals surface area contributed by atoms with E-state index in [0.29, 0.717) is 12.5 Å². The second-order valence-corrected chi connectivity index (χ2v) is 4.56. The predicted molar refractivity (Wildman–Crippen MR) is 71.9 cm³/mol. The summed E-state index contributed by atoms with van der Waals surface area (Å²) < 4.78 is 9.76. The third-order valence-corrected chi connectivity index (χ3v) is 3.10. The maximum atomic E-state index is 11.4. The Morgan fingerprint density at radius 3 is 2.95 bits per heavy atom. The molecule has 0 aromatic carbocycles. The van der Waals surface area contributed by atoms with Gasteiger partial charge in [0.1, 0.15) is 0 Å². The quantitative estimate of drug-likeness (QED) is 0.670. The fourth-order valence-electron chi connectivity index (χ4n) is 2.10. The van der Waals surface area contributed by atoms with Gasteiger partial charge in [-0.3, -0.25) is 0 Å². The first-order chi connectivity index (χ1) is 9.22. The summed E-state index contributed by atoms with van der Waals surface area (Å²) >= 11 is 0. The first-order valence-electron chi connectivity index (χ1n) is 6.69. The van der Waals surface area contributed by atoms with Crippen LogP contribution in [0.15, 0.2) is 16.7 Å². The molecule has 0 aliphatic heterocycles. The van der Waals surface area contributed by atoms with Crippen molar-refractivity contribution in [3.05, 3.63) is 23.7 Å². The molecule has 1 atom stereocenters. The maximum Gasteiger partial charge on any atom is 0.374 e. The molecule has 1 heterocycles. The monoisotopic (exact) mass is 269 g/mol. The second-order valence-electron chi connectivity index (χ2n) is 4.56. The zero-order chi connectivity index (χ0) is 14.1. The number of rotatable bonds is 9. The van der Waals surface area contributed by atoms with Crippen LogP contribution in [0.25, 0.3) is 0 Å². The van der Waals surface area contributed by atoms with Gasteiger partial charge >= 0.3 is 5.97 Å². The van der Waals surface area contributed by atoms with E-state index in [1.807, 2.05) is 0 Å². The van der Waals surface area contributed by atoms with E-state index in [0.717, 1.165) is 31.4 Å². The highest BCUT2D eigenvalue weighted by Crippen LogP contribution is 2.13. The predicted octanol–water partition coefficient (Wildman–Crippen LogP) is 1.95. The molecular formula is C14H23NO4. The van der Waals surface area contributed by atoms with Crippen LogP contribution in [0.5, 0.6) is 0 Å². The molecular weight excluding hydrogens is 246 g/mol. The number of hydrogen-bond donors (Lipinski definition) is 2. The van der Waals surface area contributed by atoms with Gasteiger partial charge in [-0.05, 0) is 31.4 Å². The number of esters is 1. The lowest BCUT2D eigenvalue weighted by Crippen LogP contribution is -2.24. The van der Waals surface area contributed by atoms with Gasteiger partial charge in [0.2, 0.25) is 5.76 Å². The summed E-state index contributed by atoms with van der Waals surface area (Å²) in [5.41, 5.74) is 0.797. The summed E-state index contributed by atoms with van der Waals surface area (Å²) in [4.78, 5) is 11.4. The SMILES string of the molecule is CCCC(CCO)CNCc1ccoc1C(=O)OC. The van der Waals surface area contributed by atoms with Crippen LogP contribution < -0.4 is 5.32 Å². The summed E-state index contributed by atoms with van der Waals surface area (Å²) in [6, 6.07) is 1.76. The third-order valence-electron chi connectivity index (χ3n) is 3.10. The number of methoxy groups -OCH3 is 1. The Kier molecular flexibility index (Phi) is 7.22. The Bertz CT molecular complexity index is 369. The van der Waals surface area contributed by atoms with Gasteiger partial charge in [-0.1, -0.05) is 13.3 Å². The number of ether oxygens (including phenoxy) is 1. The Morgan fingerprint density at radius 1 is 1.53 bits per heavy atom. The van der Waals surface area contributed by atoms with Crippen LogP contribution in [-0.2, 0) is 11.3 Å². The summed E-state index contributed by atoms with van der Waals surface area (Å²) in [7, 11) is 1.33. The smallest absolute Gasteiger partial charge is 0.374 e. The van der Waals surface area contributed by atoms with Crippen molar-refractivity contribution in [1.82, 2.24) is 5.32 Å². The standard InChI is InChI=1S/C14H23NO4/c1-3-4-11(5-7-16)9-15-10-12-6-8-19-13(12)14(17)18-2/h6,8,11,15-16H,3-5,7,9-10H2,1-2H3. The van der Waals surface area contributed by atoms with Gasteiger partial charge < -0.3 is 19.6 Å². The zero-order valence-electron chi connectivity index (χ0n) is 11.6. The summed E-state index contributed by atoms with van der Waals surface area (Å²) in [5.74, 6) is 0.259. The molecule has 0 saturated heterocycles. The van der Waals surface area contributed by atoms with E-state index in [1.54, 1.807) is 6.07 Å². The average molecular weight is 269 g/mol. The van der Waals surface area contributed by atoms with Gasteiger partial charge in [0.15, 0.2) is 0 Å². The van der Waals surface area contributed by atoms with Gasteiger partial charge in [-0.2, -0.15) is 0 Å². The normalized spacial score (nSPS) is 12.4. The number of aliphatic hydroxyl groups excluding tert-OH is 1. The van der Waals surface area contributed by atoms with Crippen LogP contribution in [0, 0.1) is 5.92 Å². The van der Waals surface area contributed by atoms with E-state index in [1.165, 1.54) is 13.4 Å². The van der Waals surface area contributed by atoms with Crippen molar-refractivity contribution in [3.8, 4) is 0 Å². The summed E-state index contributed by atoms with van der Waals surface area (Å²) in [5, 5.41) is 12.3. The van der Waals surface area contributed by atoms with Crippen LogP contribution in [0.4, 0.5) is 0 Å². The van der Waals surface area contributed by atoms with Crippen LogP contribution >= 0.6 is 0 Å². The molecule has 0 spiro atoms. The van der Waals surface area contributed by atoms with E-state index in [2.05, 4.69) is 17.0 Å². The van der Waals surface area contributed by atoms with E-state index < -0.39 is 5.97 Å². The molecule has 108 valence electrons. The molecule has 1 aromatic heterocycles. The fourth-order valence-corrected chi connectivity index (χ4v) is 2.10. The number of carbonyl (C=O) groups is 1. The van der Waals surface area contributed by atoms with Gasteiger partial charge in [0.25, 0.3) is 0 Å². The molecule has 19 heavy (non-hydrogen) atoms. The number of aliphatic hydroxyl groups is 1. The Balaban J connectivity index is 2.43. The van der Waals surface area contributed by atoms with Crippen LogP contribution in [0.2, 0.25) is 0 Å². The number of nitrogens with one attached hydrogen (secondary N) is 1. The first-order valence-corrected chi connectivity index (χ1v) is 6.69. The van der Waals surface area contributed by atoms with Crippen LogP contribution in [0.3, 0.4) is 0 Å². The number of hydrogen-bond acceptors (Lipinski definition) is 5. The Morgan fingerprint density at radius 2 is 2.32 bits per heavy atom. The van der Waals surface area contributed by atoms with Crippen molar-refractivity contribution in [2.75, 3.05) is 20.3 Å². The van der Waals surface area contributed by atoms with Crippen molar-refractivity contribution >= 4 is 5.97 Å². The summed E-state index contributed by atoms with van der Waals surface area (Å²) in [6.07, 6.45) is 4.48. The third kappa shape index (κ3) is 5.04. The van der Waals surface area contributed by atoms with Gasteiger partial charge in [-0.25, -0.2) is 4.79 Å². The lowest BCUT2D eigenvalue weighted by molar-refractivity contribution is 0.0563. The first kappa shape index (κ1) is 15.7. The van der Waals surface area contributed by atoms with Crippen molar-refractivity contribution in [2.24, 2.45) is 5.92 Å². The highest BCUT2D eigenvalue weighted by atomic mass is 16.5. The number of carbonyl (C=O) groups excluding carboxylic acids is 1. The minimum Gasteiger partial charge on any atom is -0.463 e. The number of furan rings is 1. The molecule has 5 heteroatoms. The molecule has 0 bridgehead atoms. The van der Waals surface area contributed by atoms with Crippen LogP contribution in [-0.4, -0.2) is 31.3 Å². The van der Waals surface area contributed by atoms with E-state index >= 15 is 0 Å². The van der Waals surface area contributed by atoms with Crippen LogP contribution in [0.1, 0.15) is 42.3 Å². The minimum atomic E-state index is -0.456. The molecule has 2 N–H and O–H groups in total. The zero-order valence-corrected chi connectivity index (χ0v) is 11.6. The second kappa shape index (κ2) is 8.72. The highest BCUT2D eigenvalue weighted by molar-refractivity contribution is 5.87. The van der Waals surface area contributed by atoms with E-state index in [9.17, 15) is 4.79 Å². The highest BCUT2D eigenvalue weighted by Gasteiger charge is 2.15. The van der Waals surface area contributed by atoms with Crippen molar-refractivity contribution in [3.63, 3.8) is 0 Å². The molecule has 0 aliphatic rings. The molecule has 0 radical (unpaired) electrons. The van der Waals surface area contributed by atoms with E-state index in [-0.39, 0.29) is 12.4 Å². The van der Waals surface area contributed by atoms with Gasteiger partial charge in [0, 0.05) is 18.7 Å². The minimum absolute atomic E-state index is 0.214.